The van der Waals surface area contributed by atoms with E-state index >= 15 is 0 Å². The van der Waals surface area contributed by atoms with Crippen molar-refractivity contribution in [2.45, 2.75) is 27.2 Å². The first-order valence-corrected chi connectivity index (χ1v) is 6.50. The van der Waals surface area contributed by atoms with Crippen molar-refractivity contribution in [3.63, 3.8) is 0 Å². The molecule has 98 valence electrons. The van der Waals surface area contributed by atoms with Gasteiger partial charge in [-0.05, 0) is 30.7 Å². The van der Waals surface area contributed by atoms with Crippen molar-refractivity contribution in [3.8, 4) is 0 Å². The summed E-state index contributed by atoms with van der Waals surface area (Å²) in [6.45, 7) is 8.02. The number of carbonyl (C=O) groups excluding carboxylic acids is 1. The second-order valence-corrected chi connectivity index (χ2v) is 5.55. The predicted molar refractivity (Wildman–Crippen MR) is 72.6 cm³/mol. The van der Waals surface area contributed by atoms with Gasteiger partial charge in [-0.25, -0.2) is 0 Å². The summed E-state index contributed by atoms with van der Waals surface area (Å²) in [4.78, 5) is 16.1. The van der Waals surface area contributed by atoms with Crippen molar-refractivity contribution in [3.05, 3.63) is 24.0 Å². The van der Waals surface area contributed by atoms with E-state index in [1.807, 2.05) is 6.92 Å². The van der Waals surface area contributed by atoms with Crippen LogP contribution in [0.3, 0.4) is 0 Å². The van der Waals surface area contributed by atoms with Crippen LogP contribution in [0.1, 0.15) is 37.6 Å². The number of anilines is 1. The lowest BCUT2D eigenvalue weighted by molar-refractivity contribution is 0.0951. The minimum Gasteiger partial charge on any atom is -0.383 e. The molecule has 1 amide bonds. The first kappa shape index (κ1) is 12.9. The first-order valence-electron chi connectivity index (χ1n) is 6.50. The van der Waals surface area contributed by atoms with E-state index in [0.29, 0.717) is 16.9 Å². The molecule has 1 aromatic rings. The minimum absolute atomic E-state index is 0.0175. The van der Waals surface area contributed by atoms with E-state index in [1.54, 1.807) is 18.5 Å². The SMILES string of the molecule is CCNc1cnccc1C(=O)NCC1CC1(C)C. The first-order chi connectivity index (χ1) is 8.54. The van der Waals surface area contributed by atoms with Crippen molar-refractivity contribution in [2.24, 2.45) is 11.3 Å². The zero-order valence-electron chi connectivity index (χ0n) is 11.3. The van der Waals surface area contributed by atoms with Crippen LogP contribution in [0.25, 0.3) is 0 Å². The molecule has 1 fully saturated rings. The van der Waals surface area contributed by atoms with Crippen LogP contribution >= 0.6 is 0 Å². The maximum absolute atomic E-state index is 12.1. The van der Waals surface area contributed by atoms with Gasteiger partial charge in [-0.2, -0.15) is 0 Å². The van der Waals surface area contributed by atoms with Crippen molar-refractivity contribution >= 4 is 11.6 Å². The third-order valence-corrected chi connectivity index (χ3v) is 3.66. The monoisotopic (exact) mass is 247 g/mol. The molecule has 1 aliphatic carbocycles. The van der Waals surface area contributed by atoms with Gasteiger partial charge in [0.1, 0.15) is 0 Å². The van der Waals surface area contributed by atoms with E-state index in [9.17, 15) is 4.79 Å². The molecule has 0 bridgehead atoms. The molecule has 0 spiro atoms. The van der Waals surface area contributed by atoms with Crippen LogP contribution in [-0.4, -0.2) is 24.0 Å². The zero-order chi connectivity index (χ0) is 13.2. The minimum atomic E-state index is -0.0175. The van der Waals surface area contributed by atoms with E-state index in [0.717, 1.165) is 18.8 Å². The molecule has 0 saturated heterocycles. The van der Waals surface area contributed by atoms with Gasteiger partial charge < -0.3 is 10.6 Å². The zero-order valence-corrected chi connectivity index (χ0v) is 11.3. The molecule has 1 saturated carbocycles. The fraction of sp³-hybridized carbons (Fsp3) is 0.571. The number of pyridine rings is 1. The molecular weight excluding hydrogens is 226 g/mol. The summed E-state index contributed by atoms with van der Waals surface area (Å²) in [7, 11) is 0. The fourth-order valence-corrected chi connectivity index (χ4v) is 2.16. The predicted octanol–water partition coefficient (Wildman–Crippen LogP) is 2.29. The Balaban J connectivity index is 1.96. The Bertz CT molecular complexity index is 442. The lowest BCUT2D eigenvalue weighted by Gasteiger charge is -2.11. The highest BCUT2D eigenvalue weighted by Crippen LogP contribution is 2.50. The molecule has 2 rings (SSSR count). The van der Waals surface area contributed by atoms with Crippen molar-refractivity contribution in [1.29, 1.82) is 0 Å². The second-order valence-electron chi connectivity index (χ2n) is 5.55. The van der Waals surface area contributed by atoms with Crippen molar-refractivity contribution in [2.75, 3.05) is 18.4 Å². The normalized spacial score (nSPS) is 20.3. The van der Waals surface area contributed by atoms with Gasteiger partial charge in [-0.1, -0.05) is 13.8 Å². The maximum Gasteiger partial charge on any atom is 0.253 e. The van der Waals surface area contributed by atoms with Crippen molar-refractivity contribution in [1.82, 2.24) is 10.3 Å². The molecule has 1 unspecified atom stereocenters. The Kier molecular flexibility index (Phi) is 3.55. The van der Waals surface area contributed by atoms with Gasteiger partial charge in [0.15, 0.2) is 0 Å². The summed E-state index contributed by atoms with van der Waals surface area (Å²) in [5.41, 5.74) is 1.87. The Morgan fingerprint density at radius 2 is 2.28 bits per heavy atom. The Morgan fingerprint density at radius 1 is 1.56 bits per heavy atom. The van der Waals surface area contributed by atoms with Gasteiger partial charge in [-0.3, -0.25) is 9.78 Å². The van der Waals surface area contributed by atoms with E-state index in [1.165, 1.54) is 6.42 Å². The number of hydrogen-bond acceptors (Lipinski definition) is 3. The van der Waals surface area contributed by atoms with E-state index in [-0.39, 0.29) is 5.91 Å². The fourth-order valence-electron chi connectivity index (χ4n) is 2.16. The summed E-state index contributed by atoms with van der Waals surface area (Å²) >= 11 is 0. The third-order valence-electron chi connectivity index (χ3n) is 3.66. The lowest BCUT2D eigenvalue weighted by atomic mass is 10.1. The Hall–Kier alpha value is -1.58. The summed E-state index contributed by atoms with van der Waals surface area (Å²) in [6.07, 6.45) is 4.54. The molecular formula is C14H21N3O. The summed E-state index contributed by atoms with van der Waals surface area (Å²) in [6, 6.07) is 1.76. The largest absolute Gasteiger partial charge is 0.383 e. The number of nitrogens with one attached hydrogen (secondary N) is 2. The smallest absolute Gasteiger partial charge is 0.253 e. The van der Waals surface area contributed by atoms with Crippen LogP contribution in [0.4, 0.5) is 5.69 Å². The van der Waals surface area contributed by atoms with Gasteiger partial charge in [0, 0.05) is 19.3 Å². The quantitative estimate of drug-likeness (QED) is 0.839. The number of carbonyl (C=O) groups is 1. The Morgan fingerprint density at radius 3 is 2.89 bits per heavy atom. The van der Waals surface area contributed by atoms with Crippen molar-refractivity contribution < 1.29 is 4.79 Å². The van der Waals surface area contributed by atoms with E-state index in [2.05, 4.69) is 29.5 Å². The van der Waals surface area contributed by atoms with Gasteiger partial charge in [0.2, 0.25) is 0 Å². The highest BCUT2D eigenvalue weighted by Gasteiger charge is 2.45. The van der Waals surface area contributed by atoms with Gasteiger partial charge in [0.25, 0.3) is 5.91 Å². The topological polar surface area (TPSA) is 54.0 Å². The van der Waals surface area contributed by atoms with Crippen LogP contribution in [0.15, 0.2) is 18.5 Å². The van der Waals surface area contributed by atoms with Crippen LogP contribution < -0.4 is 10.6 Å². The van der Waals surface area contributed by atoms with Gasteiger partial charge in [-0.15, -0.1) is 0 Å². The molecule has 4 nitrogen and oxygen atoms in total. The highest BCUT2D eigenvalue weighted by molar-refractivity contribution is 5.99. The average molecular weight is 247 g/mol. The summed E-state index contributed by atoms with van der Waals surface area (Å²) in [5, 5.41) is 6.16. The Labute approximate surface area is 108 Å². The molecule has 0 radical (unpaired) electrons. The number of nitrogens with zero attached hydrogens (tertiary/aromatic N) is 1. The number of hydrogen-bond donors (Lipinski definition) is 2. The summed E-state index contributed by atoms with van der Waals surface area (Å²) < 4.78 is 0. The number of aromatic nitrogens is 1. The second kappa shape index (κ2) is 4.96. The van der Waals surface area contributed by atoms with Crippen LogP contribution in [-0.2, 0) is 0 Å². The molecule has 18 heavy (non-hydrogen) atoms. The van der Waals surface area contributed by atoms with Crippen LogP contribution in [0.5, 0.6) is 0 Å². The van der Waals surface area contributed by atoms with Crippen LogP contribution in [0, 0.1) is 11.3 Å². The molecule has 1 aromatic heterocycles. The molecule has 4 heteroatoms. The molecule has 1 heterocycles. The highest BCUT2D eigenvalue weighted by atomic mass is 16.1. The standard InChI is InChI=1S/C14H21N3O/c1-4-16-12-9-15-6-5-11(12)13(18)17-8-10-7-14(10,2)3/h5-6,9-10,16H,4,7-8H2,1-3H3,(H,17,18). The molecule has 1 atom stereocenters. The lowest BCUT2D eigenvalue weighted by Crippen LogP contribution is -2.27. The van der Waals surface area contributed by atoms with E-state index < -0.39 is 0 Å². The molecule has 0 aliphatic heterocycles. The number of rotatable bonds is 5. The maximum atomic E-state index is 12.1. The number of amides is 1. The third kappa shape index (κ3) is 2.81. The molecule has 0 aromatic carbocycles. The van der Waals surface area contributed by atoms with Crippen LogP contribution in [0.2, 0.25) is 0 Å². The molecule has 1 aliphatic rings. The molecule has 2 N–H and O–H groups in total. The van der Waals surface area contributed by atoms with E-state index in [4.69, 9.17) is 0 Å². The van der Waals surface area contributed by atoms with Gasteiger partial charge in [0.05, 0.1) is 17.4 Å². The van der Waals surface area contributed by atoms with Gasteiger partial charge >= 0.3 is 0 Å². The summed E-state index contributed by atoms with van der Waals surface area (Å²) in [5.74, 6) is 0.599. The average Bonchev–Trinajstić information content (AvgIpc) is 2.95.